The normalized spacial score (nSPS) is 38.2. The standard InChI is InChI=1S/7C10H20O2/c7*1-7-4-5-8(9(11)6-7)10(2,3)12/h7*7-9,11-12H,4-6H2,1-3H3/t2*7-,8+,9+;2*7-,8+,9-;7-,8-,9+;2*7-,8-,9-/m1010110/s1. The quantitative estimate of drug-likeness (QED) is 0.113. The molecule has 0 heterocycles. The molecule has 0 aromatic heterocycles. The predicted molar refractivity (Wildman–Crippen MR) is 342 cm³/mol. The Morgan fingerprint density at radius 3 is 0.321 bits per heavy atom. The second kappa shape index (κ2) is 34.7. The number of aliphatic hydroxyl groups excluding tert-OH is 7. The third kappa shape index (κ3) is 30.0. The van der Waals surface area contributed by atoms with Crippen LogP contribution >= 0.6 is 0 Å². The van der Waals surface area contributed by atoms with E-state index in [4.69, 9.17) is 0 Å². The van der Waals surface area contributed by atoms with Gasteiger partial charge in [-0.2, -0.15) is 0 Å². The fourth-order valence-corrected chi connectivity index (χ4v) is 15.2. The maximum Gasteiger partial charge on any atom is 0.0644 e. The van der Waals surface area contributed by atoms with Crippen LogP contribution in [0.2, 0.25) is 0 Å². The van der Waals surface area contributed by atoms with Crippen LogP contribution in [-0.2, 0) is 0 Å². The van der Waals surface area contributed by atoms with Crippen LogP contribution in [0, 0.1) is 82.9 Å². The Kier molecular flexibility index (Phi) is 33.7. The highest BCUT2D eigenvalue weighted by Gasteiger charge is 2.42. The molecule has 14 N–H and O–H groups in total. The molecular weight excluding hydrogens is 1060 g/mol. The highest BCUT2D eigenvalue weighted by molar-refractivity contribution is 4.93. The first-order chi connectivity index (χ1) is 37.9. The molecule has 0 aromatic rings. The van der Waals surface area contributed by atoms with Gasteiger partial charge in [-0.15, -0.1) is 0 Å². The minimum atomic E-state index is -0.723. The van der Waals surface area contributed by atoms with Crippen molar-refractivity contribution in [2.75, 3.05) is 0 Å². The lowest BCUT2D eigenvalue weighted by Crippen LogP contribution is -2.42. The van der Waals surface area contributed by atoms with Crippen molar-refractivity contribution in [1.82, 2.24) is 0 Å². The summed E-state index contributed by atoms with van der Waals surface area (Å²) in [6.45, 7) is 40.1. The Labute approximate surface area is 514 Å². The molecule has 0 saturated heterocycles. The fraction of sp³-hybridized carbons (Fsp3) is 1.00. The van der Waals surface area contributed by atoms with E-state index < -0.39 is 39.2 Å². The average Bonchev–Trinajstić information content (AvgIpc) is 3.44. The minimum Gasteiger partial charge on any atom is -0.393 e. The molecular formula is C70H140O14. The maximum atomic E-state index is 9.74. The van der Waals surface area contributed by atoms with Crippen LogP contribution in [0.15, 0.2) is 0 Å². The summed E-state index contributed by atoms with van der Waals surface area (Å²) >= 11 is 0. The zero-order valence-corrected chi connectivity index (χ0v) is 57.7. The van der Waals surface area contributed by atoms with Gasteiger partial charge in [0, 0.05) is 41.4 Å². The van der Waals surface area contributed by atoms with Crippen LogP contribution in [-0.4, -0.2) is 153 Å². The van der Waals surface area contributed by atoms with Gasteiger partial charge in [-0.1, -0.05) is 93.4 Å². The molecule has 0 bridgehead atoms. The second-order valence-electron chi connectivity index (χ2n) is 33.2. The van der Waals surface area contributed by atoms with E-state index in [2.05, 4.69) is 48.5 Å². The van der Waals surface area contributed by atoms with Crippen molar-refractivity contribution in [3.05, 3.63) is 0 Å². The topological polar surface area (TPSA) is 283 Å². The van der Waals surface area contributed by atoms with Gasteiger partial charge < -0.3 is 71.5 Å². The SMILES string of the molecule is C[C@@H]1CC[C@@H](C(C)(C)O)[C@@H](O)C1.C[C@@H]1CC[C@@H](C(C)(C)O)[C@H](O)C1.C[C@@H]1CC[C@H](C(C)(C)O)[C@@H](O)C1.C[C@@H]1CC[C@H](C(C)(C)O)[C@H](O)C1.C[C@H]1CC[C@@H](C(C)(C)O)[C@@H](O)C1.C[C@H]1CC[C@@H](C(C)(C)O)[C@H](O)C1.C[C@H]1CC[C@H](C(C)(C)O)[C@@H](O)C1. The van der Waals surface area contributed by atoms with E-state index in [0.29, 0.717) is 41.4 Å². The van der Waals surface area contributed by atoms with E-state index >= 15 is 0 Å². The smallest absolute Gasteiger partial charge is 0.0644 e. The molecule has 7 fully saturated rings. The van der Waals surface area contributed by atoms with Gasteiger partial charge in [0.1, 0.15) is 0 Å². The number of hydrogen-bond acceptors (Lipinski definition) is 14. The summed E-state index contributed by atoms with van der Waals surface area (Å²) in [6.07, 6.45) is 18.3. The Morgan fingerprint density at radius 2 is 0.262 bits per heavy atom. The van der Waals surface area contributed by atoms with Gasteiger partial charge in [-0.3, -0.25) is 0 Å². The van der Waals surface area contributed by atoms with Gasteiger partial charge in [-0.05, 0) is 228 Å². The lowest BCUT2D eigenvalue weighted by Gasteiger charge is -2.38. The number of aliphatic hydroxyl groups is 14. The van der Waals surface area contributed by atoms with E-state index in [1.807, 2.05) is 0 Å². The average molecular weight is 1210 g/mol. The zero-order valence-electron chi connectivity index (χ0n) is 57.7. The molecule has 0 spiro atoms. The molecule has 14 heteroatoms. The monoisotopic (exact) mass is 1210 g/mol. The molecule has 21 atom stereocenters. The van der Waals surface area contributed by atoms with Crippen LogP contribution in [0.3, 0.4) is 0 Å². The Hall–Kier alpha value is -0.560. The van der Waals surface area contributed by atoms with E-state index in [9.17, 15) is 71.5 Å². The van der Waals surface area contributed by atoms with Crippen molar-refractivity contribution in [3.8, 4) is 0 Å². The van der Waals surface area contributed by atoms with Crippen LogP contribution in [0.4, 0.5) is 0 Å². The van der Waals surface area contributed by atoms with Crippen LogP contribution in [0.5, 0.6) is 0 Å². The summed E-state index contributed by atoms with van der Waals surface area (Å²) in [5, 5.41) is 136. The van der Waals surface area contributed by atoms with E-state index in [-0.39, 0.29) is 84.2 Å². The first-order valence-electron chi connectivity index (χ1n) is 33.7. The molecule has 7 aliphatic rings. The van der Waals surface area contributed by atoms with Gasteiger partial charge in [0.05, 0.1) is 81.9 Å². The molecule has 0 aromatic carbocycles. The summed E-state index contributed by atoms with van der Waals surface area (Å²) in [5.74, 6) is 4.71. The summed E-state index contributed by atoms with van der Waals surface area (Å²) in [7, 11) is 0. The van der Waals surface area contributed by atoms with Gasteiger partial charge in [0.25, 0.3) is 0 Å². The first-order valence-corrected chi connectivity index (χ1v) is 33.7. The van der Waals surface area contributed by atoms with Crippen molar-refractivity contribution >= 4 is 0 Å². The fourth-order valence-electron chi connectivity index (χ4n) is 15.2. The Balaban J connectivity index is 0.000000490. The van der Waals surface area contributed by atoms with E-state index in [1.165, 1.54) is 0 Å². The summed E-state index contributed by atoms with van der Waals surface area (Å²) < 4.78 is 0. The Bertz CT molecular complexity index is 1390. The Morgan fingerprint density at radius 1 is 0.179 bits per heavy atom. The van der Waals surface area contributed by atoms with Gasteiger partial charge in [0.2, 0.25) is 0 Å². The zero-order chi connectivity index (χ0) is 65.5. The van der Waals surface area contributed by atoms with Gasteiger partial charge in [-0.25, -0.2) is 0 Å². The second-order valence-corrected chi connectivity index (χ2v) is 33.2. The van der Waals surface area contributed by atoms with Crippen molar-refractivity contribution in [3.63, 3.8) is 0 Å². The van der Waals surface area contributed by atoms with Gasteiger partial charge in [0.15, 0.2) is 0 Å². The van der Waals surface area contributed by atoms with E-state index in [1.54, 1.807) is 96.9 Å². The largest absolute Gasteiger partial charge is 0.393 e. The van der Waals surface area contributed by atoms with Crippen molar-refractivity contribution in [1.29, 1.82) is 0 Å². The molecule has 0 unspecified atom stereocenters. The van der Waals surface area contributed by atoms with Crippen LogP contribution < -0.4 is 0 Å². The molecule has 0 radical (unpaired) electrons. The lowest BCUT2D eigenvalue weighted by molar-refractivity contribution is -0.0737. The predicted octanol–water partition coefficient (Wildman–Crippen LogP) is 10.9. The van der Waals surface area contributed by atoms with Crippen LogP contribution in [0.25, 0.3) is 0 Å². The third-order valence-electron chi connectivity index (χ3n) is 20.9. The molecule has 504 valence electrons. The van der Waals surface area contributed by atoms with Crippen molar-refractivity contribution in [2.24, 2.45) is 82.9 Å². The highest BCUT2D eigenvalue weighted by atomic mass is 16.3. The van der Waals surface area contributed by atoms with Gasteiger partial charge >= 0.3 is 0 Å². The van der Waals surface area contributed by atoms with E-state index in [0.717, 1.165) is 135 Å². The summed E-state index contributed by atoms with van der Waals surface area (Å²) in [6, 6.07) is 0. The van der Waals surface area contributed by atoms with Crippen molar-refractivity contribution < 1.29 is 71.5 Å². The molecule has 7 aliphatic carbocycles. The van der Waals surface area contributed by atoms with Crippen molar-refractivity contribution in [2.45, 2.75) is 362 Å². The first kappa shape index (κ1) is 81.5. The molecule has 7 saturated carbocycles. The number of hydrogen-bond donors (Lipinski definition) is 14. The molecule has 84 heavy (non-hydrogen) atoms. The third-order valence-corrected chi connectivity index (χ3v) is 20.9. The molecule has 0 aliphatic heterocycles. The maximum absolute atomic E-state index is 9.74. The van der Waals surface area contributed by atoms with Crippen LogP contribution in [0.1, 0.15) is 280 Å². The summed E-state index contributed by atoms with van der Waals surface area (Å²) in [5.41, 5.74) is -5.06. The lowest BCUT2D eigenvalue weighted by atomic mass is 9.73. The molecule has 7 rings (SSSR count). The number of rotatable bonds is 7. The molecule has 14 nitrogen and oxygen atoms in total. The minimum absolute atomic E-state index is 0.0636. The summed E-state index contributed by atoms with van der Waals surface area (Å²) in [4.78, 5) is 0. The highest BCUT2D eigenvalue weighted by Crippen LogP contribution is 2.41. The molecule has 0 amide bonds.